The largest absolute Gasteiger partial charge is 0.496 e. The Hall–Kier alpha value is -3.14. The molecule has 158 valence electrons. The summed E-state index contributed by atoms with van der Waals surface area (Å²) in [5.74, 6) is 1.46. The zero-order chi connectivity index (χ0) is 21.5. The van der Waals surface area contributed by atoms with Crippen molar-refractivity contribution < 1.29 is 23.9 Å². The summed E-state index contributed by atoms with van der Waals surface area (Å²) in [6, 6.07) is 3.33. The molecule has 0 N–H and O–H groups in total. The first-order chi connectivity index (χ1) is 14.4. The van der Waals surface area contributed by atoms with Crippen molar-refractivity contribution in [3.05, 3.63) is 39.3 Å². The maximum absolute atomic E-state index is 12.9. The molecule has 2 aliphatic heterocycles. The predicted molar refractivity (Wildman–Crippen MR) is 107 cm³/mol. The van der Waals surface area contributed by atoms with Crippen LogP contribution in [-0.2, 0) is 0 Å². The number of methoxy groups -OCH3 is 2. The molecule has 30 heavy (non-hydrogen) atoms. The highest BCUT2D eigenvalue weighted by Gasteiger charge is 2.45. The Bertz CT molecular complexity index is 1020. The summed E-state index contributed by atoms with van der Waals surface area (Å²) >= 11 is 5.91. The second-order valence-electron chi connectivity index (χ2n) is 7.17. The maximum atomic E-state index is 12.9. The van der Waals surface area contributed by atoms with Crippen molar-refractivity contribution in [1.82, 2.24) is 9.97 Å². The molecule has 3 heterocycles. The highest BCUT2D eigenvalue weighted by atomic mass is 35.5. The van der Waals surface area contributed by atoms with Gasteiger partial charge in [0.25, 0.3) is 0 Å². The van der Waals surface area contributed by atoms with Gasteiger partial charge in [-0.2, -0.15) is 0 Å². The van der Waals surface area contributed by atoms with Crippen molar-refractivity contribution in [2.45, 2.75) is 24.9 Å². The Labute approximate surface area is 176 Å². The number of ketones is 1. The average Bonchev–Trinajstić information content (AvgIpc) is 2.72. The van der Waals surface area contributed by atoms with Gasteiger partial charge >= 0.3 is 5.69 Å². The number of hydrogen-bond acceptors (Lipinski definition) is 9. The first kappa shape index (κ1) is 20.1. The lowest BCUT2D eigenvalue weighted by Crippen LogP contribution is -2.51. The highest BCUT2D eigenvalue weighted by molar-refractivity contribution is 6.31. The normalized spacial score (nSPS) is 17.3. The third-order valence-corrected chi connectivity index (χ3v) is 5.77. The smallest absolute Gasteiger partial charge is 0.348 e. The second kappa shape index (κ2) is 7.60. The standard InChI is InChI=1S/C19H19ClN4O6/c1-28-11-7-13(29-2)15-12(25)9-19(30-14(15)8-11)3-5-23(6-4-19)18-16(24(26)27)17(20)21-10-22-18/h7-8,10H,3-6,9H2,1-2H3. The molecule has 2 aromatic rings. The monoisotopic (exact) mass is 434 g/mol. The van der Waals surface area contributed by atoms with Crippen LogP contribution >= 0.6 is 11.6 Å². The van der Waals surface area contributed by atoms with Crippen LogP contribution in [0.15, 0.2) is 18.5 Å². The summed E-state index contributed by atoms with van der Waals surface area (Å²) in [4.78, 5) is 33.3. The van der Waals surface area contributed by atoms with E-state index in [1.54, 1.807) is 17.0 Å². The van der Waals surface area contributed by atoms with Crippen molar-refractivity contribution in [2.75, 3.05) is 32.2 Å². The third-order valence-electron chi connectivity index (χ3n) is 5.50. The van der Waals surface area contributed by atoms with Crippen LogP contribution < -0.4 is 19.1 Å². The fraction of sp³-hybridized carbons (Fsp3) is 0.421. The van der Waals surface area contributed by atoms with E-state index in [1.165, 1.54) is 20.5 Å². The van der Waals surface area contributed by atoms with Gasteiger partial charge in [-0.15, -0.1) is 0 Å². The Morgan fingerprint density at radius 2 is 1.97 bits per heavy atom. The van der Waals surface area contributed by atoms with Gasteiger partial charge < -0.3 is 19.1 Å². The van der Waals surface area contributed by atoms with Gasteiger partial charge in [-0.3, -0.25) is 14.9 Å². The van der Waals surface area contributed by atoms with Crippen molar-refractivity contribution >= 4 is 28.9 Å². The number of nitro groups is 1. The number of hydrogen-bond donors (Lipinski definition) is 0. The van der Waals surface area contributed by atoms with Crippen LogP contribution in [0.3, 0.4) is 0 Å². The van der Waals surface area contributed by atoms with Crippen LogP contribution in [0.5, 0.6) is 17.2 Å². The summed E-state index contributed by atoms with van der Waals surface area (Å²) in [6.07, 6.45) is 2.36. The van der Waals surface area contributed by atoms with Gasteiger partial charge in [0, 0.05) is 38.1 Å². The van der Waals surface area contributed by atoms with Crippen molar-refractivity contribution in [3.8, 4) is 17.2 Å². The molecule has 0 radical (unpaired) electrons. The zero-order valence-electron chi connectivity index (χ0n) is 16.4. The van der Waals surface area contributed by atoms with E-state index in [0.717, 1.165) is 0 Å². The number of ether oxygens (including phenoxy) is 3. The molecule has 10 nitrogen and oxygen atoms in total. The Morgan fingerprint density at radius 3 is 2.60 bits per heavy atom. The van der Waals surface area contributed by atoms with Crippen LogP contribution in [-0.4, -0.2) is 53.6 Å². The zero-order valence-corrected chi connectivity index (χ0v) is 17.1. The number of anilines is 1. The maximum Gasteiger partial charge on any atom is 0.348 e. The molecule has 2 aliphatic rings. The SMILES string of the molecule is COc1cc(OC)c2c(c1)OC1(CCN(c3ncnc(Cl)c3[N+](=O)[O-])CC1)CC2=O. The Balaban J connectivity index is 1.60. The summed E-state index contributed by atoms with van der Waals surface area (Å²) in [6.45, 7) is 0.829. The molecular weight excluding hydrogens is 416 g/mol. The number of carbonyl (C=O) groups excluding carboxylic acids is 1. The van der Waals surface area contributed by atoms with Crippen LogP contribution in [0.25, 0.3) is 0 Å². The number of Topliss-reactive ketones (excluding diaryl/α,β-unsaturated/α-hetero) is 1. The average molecular weight is 435 g/mol. The van der Waals surface area contributed by atoms with Crippen LogP contribution in [0.1, 0.15) is 29.6 Å². The second-order valence-corrected chi connectivity index (χ2v) is 7.53. The van der Waals surface area contributed by atoms with Gasteiger partial charge in [0.15, 0.2) is 5.78 Å². The molecule has 11 heteroatoms. The number of carbonyl (C=O) groups is 1. The lowest BCUT2D eigenvalue weighted by Gasteiger charge is -2.44. The number of halogens is 1. The minimum Gasteiger partial charge on any atom is -0.496 e. The number of aromatic nitrogens is 2. The van der Waals surface area contributed by atoms with Crippen molar-refractivity contribution in [2.24, 2.45) is 0 Å². The van der Waals surface area contributed by atoms with E-state index in [0.29, 0.717) is 48.7 Å². The number of rotatable bonds is 4. The Kier molecular flexibility index (Phi) is 5.10. The summed E-state index contributed by atoms with van der Waals surface area (Å²) < 4.78 is 16.9. The van der Waals surface area contributed by atoms with Gasteiger partial charge in [0.2, 0.25) is 11.0 Å². The molecule has 1 spiro atoms. The van der Waals surface area contributed by atoms with E-state index in [4.69, 9.17) is 25.8 Å². The van der Waals surface area contributed by atoms with Crippen molar-refractivity contribution in [1.29, 1.82) is 0 Å². The van der Waals surface area contributed by atoms with Crippen LogP contribution in [0, 0.1) is 10.1 Å². The molecule has 0 aliphatic carbocycles. The van der Waals surface area contributed by atoms with E-state index in [1.807, 2.05) is 0 Å². The molecule has 0 amide bonds. The van der Waals surface area contributed by atoms with E-state index in [2.05, 4.69) is 9.97 Å². The number of nitrogens with zero attached hydrogens (tertiary/aromatic N) is 4. The lowest BCUT2D eigenvalue weighted by atomic mass is 9.82. The summed E-state index contributed by atoms with van der Waals surface area (Å²) in [7, 11) is 3.02. The van der Waals surface area contributed by atoms with E-state index in [9.17, 15) is 14.9 Å². The van der Waals surface area contributed by atoms with E-state index < -0.39 is 10.5 Å². The van der Waals surface area contributed by atoms with Gasteiger partial charge in [-0.05, 0) is 0 Å². The minimum atomic E-state index is -0.705. The lowest BCUT2D eigenvalue weighted by molar-refractivity contribution is -0.384. The van der Waals surface area contributed by atoms with Gasteiger partial charge in [0.05, 0.1) is 25.6 Å². The molecule has 1 fully saturated rings. The molecule has 0 saturated carbocycles. The number of benzene rings is 1. The fourth-order valence-corrected chi connectivity index (χ4v) is 4.19. The topological polar surface area (TPSA) is 117 Å². The summed E-state index contributed by atoms with van der Waals surface area (Å²) in [5, 5.41) is 11.2. The highest BCUT2D eigenvalue weighted by Crippen LogP contribution is 2.45. The molecule has 1 aromatic carbocycles. The van der Waals surface area contributed by atoms with E-state index in [-0.39, 0.29) is 28.9 Å². The molecule has 1 aromatic heterocycles. The predicted octanol–water partition coefficient (Wildman–Crippen LogP) is 3.06. The molecule has 0 bridgehead atoms. The first-order valence-corrected chi connectivity index (χ1v) is 9.63. The van der Waals surface area contributed by atoms with Gasteiger partial charge in [-0.1, -0.05) is 11.6 Å². The van der Waals surface area contributed by atoms with Crippen LogP contribution in [0.2, 0.25) is 5.15 Å². The van der Waals surface area contributed by atoms with Gasteiger partial charge in [0.1, 0.15) is 34.7 Å². The molecule has 0 atom stereocenters. The van der Waals surface area contributed by atoms with Crippen molar-refractivity contribution in [3.63, 3.8) is 0 Å². The molecule has 4 rings (SSSR count). The first-order valence-electron chi connectivity index (χ1n) is 9.25. The van der Waals surface area contributed by atoms with Crippen LogP contribution in [0.4, 0.5) is 11.5 Å². The quantitative estimate of drug-likeness (QED) is 0.406. The summed E-state index contributed by atoms with van der Waals surface area (Å²) in [5.41, 5.74) is -0.621. The molecule has 1 saturated heterocycles. The molecular formula is C19H19ClN4O6. The van der Waals surface area contributed by atoms with E-state index >= 15 is 0 Å². The fourth-order valence-electron chi connectivity index (χ4n) is 3.99. The van der Waals surface area contributed by atoms with Gasteiger partial charge in [-0.25, -0.2) is 9.97 Å². The Morgan fingerprint density at radius 1 is 1.23 bits per heavy atom. The number of fused-ring (bicyclic) bond motifs is 1. The number of piperidine rings is 1. The third kappa shape index (κ3) is 3.36. The molecule has 0 unspecified atom stereocenters. The minimum absolute atomic E-state index is 0.0692.